The third-order valence-electron chi connectivity index (χ3n) is 3.14. The molecule has 2 heteroatoms. The van der Waals surface area contributed by atoms with Gasteiger partial charge >= 0.3 is 0 Å². The molecule has 0 bridgehead atoms. The molecule has 2 aliphatic heterocycles. The van der Waals surface area contributed by atoms with Gasteiger partial charge < -0.3 is 10.2 Å². The van der Waals surface area contributed by atoms with Crippen molar-refractivity contribution >= 4 is 0 Å². The molecule has 0 saturated carbocycles. The Morgan fingerprint density at radius 1 is 1.42 bits per heavy atom. The Balaban J connectivity index is 1.75. The molecule has 2 rings (SSSR count). The van der Waals surface area contributed by atoms with Gasteiger partial charge in [-0.15, -0.1) is 0 Å². The Kier molecular flexibility index (Phi) is 2.13. The van der Waals surface area contributed by atoms with Gasteiger partial charge in [-0.1, -0.05) is 13.8 Å². The summed E-state index contributed by atoms with van der Waals surface area (Å²) in [5.41, 5.74) is 0.581. The second kappa shape index (κ2) is 3.00. The van der Waals surface area contributed by atoms with Crippen LogP contribution in [0.4, 0.5) is 0 Å². The highest BCUT2D eigenvalue weighted by Gasteiger charge is 2.31. The van der Waals surface area contributed by atoms with Crippen LogP contribution in [0.2, 0.25) is 0 Å². The van der Waals surface area contributed by atoms with Gasteiger partial charge in [0.15, 0.2) is 0 Å². The van der Waals surface area contributed by atoms with Gasteiger partial charge in [0.2, 0.25) is 0 Å². The smallest absolute Gasteiger partial charge is 0.00342 e. The Labute approximate surface area is 75.3 Å². The summed E-state index contributed by atoms with van der Waals surface area (Å²) in [6.45, 7) is 11.2. The summed E-state index contributed by atoms with van der Waals surface area (Å²) in [5.74, 6) is 0.943. The van der Waals surface area contributed by atoms with Gasteiger partial charge in [-0.3, -0.25) is 0 Å². The SMILES string of the molecule is CC1(C)CCN(CC2CNC2)C1. The van der Waals surface area contributed by atoms with Crippen molar-refractivity contribution < 1.29 is 0 Å². The lowest BCUT2D eigenvalue weighted by Crippen LogP contribution is -2.48. The fourth-order valence-electron chi connectivity index (χ4n) is 2.22. The second-order valence-electron chi connectivity index (χ2n) is 5.17. The molecule has 2 saturated heterocycles. The van der Waals surface area contributed by atoms with Crippen LogP contribution in [0.3, 0.4) is 0 Å². The van der Waals surface area contributed by atoms with Crippen LogP contribution >= 0.6 is 0 Å². The van der Waals surface area contributed by atoms with Gasteiger partial charge in [0.25, 0.3) is 0 Å². The zero-order valence-electron chi connectivity index (χ0n) is 8.27. The maximum atomic E-state index is 3.33. The first-order valence-corrected chi connectivity index (χ1v) is 5.09. The van der Waals surface area contributed by atoms with E-state index in [9.17, 15) is 0 Å². The average molecular weight is 168 g/mol. The minimum Gasteiger partial charge on any atom is -0.316 e. The topological polar surface area (TPSA) is 15.3 Å². The summed E-state index contributed by atoms with van der Waals surface area (Å²) in [5, 5.41) is 3.33. The third-order valence-corrected chi connectivity index (χ3v) is 3.14. The summed E-state index contributed by atoms with van der Waals surface area (Å²) in [7, 11) is 0. The molecule has 0 amide bonds. The molecule has 2 nitrogen and oxygen atoms in total. The van der Waals surface area contributed by atoms with Crippen molar-refractivity contribution in [2.45, 2.75) is 20.3 Å². The van der Waals surface area contributed by atoms with Crippen molar-refractivity contribution in [3.63, 3.8) is 0 Å². The highest BCUT2D eigenvalue weighted by atomic mass is 15.2. The molecule has 1 N–H and O–H groups in total. The van der Waals surface area contributed by atoms with Crippen molar-refractivity contribution in [1.29, 1.82) is 0 Å². The van der Waals surface area contributed by atoms with Crippen LogP contribution in [0.5, 0.6) is 0 Å². The molecule has 0 aliphatic carbocycles. The standard InChI is InChI=1S/C10H20N2/c1-10(2)3-4-12(8-10)7-9-5-11-6-9/h9,11H,3-8H2,1-2H3. The number of hydrogen-bond acceptors (Lipinski definition) is 2. The largest absolute Gasteiger partial charge is 0.316 e. The van der Waals surface area contributed by atoms with E-state index in [4.69, 9.17) is 0 Å². The van der Waals surface area contributed by atoms with Crippen molar-refractivity contribution in [2.75, 3.05) is 32.7 Å². The number of nitrogens with zero attached hydrogens (tertiary/aromatic N) is 1. The van der Waals surface area contributed by atoms with E-state index in [1.165, 1.54) is 39.1 Å². The van der Waals surface area contributed by atoms with Crippen LogP contribution in [0.15, 0.2) is 0 Å². The van der Waals surface area contributed by atoms with Crippen molar-refractivity contribution in [1.82, 2.24) is 10.2 Å². The Bertz CT molecular complexity index is 161. The fourth-order valence-corrected chi connectivity index (χ4v) is 2.22. The van der Waals surface area contributed by atoms with Crippen LogP contribution in [-0.2, 0) is 0 Å². The van der Waals surface area contributed by atoms with Gasteiger partial charge in [-0.05, 0) is 24.3 Å². The van der Waals surface area contributed by atoms with Gasteiger partial charge in [0.05, 0.1) is 0 Å². The molecule has 0 unspecified atom stereocenters. The highest BCUT2D eigenvalue weighted by molar-refractivity contribution is 4.86. The van der Waals surface area contributed by atoms with Crippen LogP contribution in [0.1, 0.15) is 20.3 Å². The van der Waals surface area contributed by atoms with Gasteiger partial charge in [-0.2, -0.15) is 0 Å². The van der Waals surface area contributed by atoms with E-state index in [-0.39, 0.29) is 0 Å². The first-order chi connectivity index (χ1) is 5.66. The summed E-state index contributed by atoms with van der Waals surface area (Å²) in [6, 6.07) is 0. The van der Waals surface area contributed by atoms with Crippen molar-refractivity contribution in [3.05, 3.63) is 0 Å². The fraction of sp³-hybridized carbons (Fsp3) is 1.00. The predicted molar refractivity (Wildman–Crippen MR) is 51.2 cm³/mol. The van der Waals surface area contributed by atoms with E-state index < -0.39 is 0 Å². The third kappa shape index (κ3) is 1.80. The lowest BCUT2D eigenvalue weighted by molar-refractivity contribution is 0.208. The second-order valence-corrected chi connectivity index (χ2v) is 5.17. The molecule has 0 aromatic heterocycles. The molecule has 2 fully saturated rings. The summed E-state index contributed by atoms with van der Waals surface area (Å²) < 4.78 is 0. The molecule has 0 atom stereocenters. The normalized spacial score (nSPS) is 30.5. The maximum absolute atomic E-state index is 3.33. The minimum absolute atomic E-state index is 0.581. The monoisotopic (exact) mass is 168 g/mol. The molecular weight excluding hydrogens is 148 g/mol. The van der Waals surface area contributed by atoms with E-state index in [0.29, 0.717) is 5.41 Å². The molecular formula is C10H20N2. The lowest BCUT2D eigenvalue weighted by Gasteiger charge is -2.31. The Morgan fingerprint density at radius 3 is 2.58 bits per heavy atom. The van der Waals surface area contributed by atoms with Gasteiger partial charge in [0.1, 0.15) is 0 Å². The van der Waals surface area contributed by atoms with E-state index >= 15 is 0 Å². The first kappa shape index (κ1) is 8.52. The molecule has 0 aromatic carbocycles. The molecule has 12 heavy (non-hydrogen) atoms. The number of nitrogens with one attached hydrogen (secondary N) is 1. The van der Waals surface area contributed by atoms with Crippen LogP contribution in [0, 0.1) is 11.3 Å². The number of rotatable bonds is 2. The summed E-state index contributed by atoms with van der Waals surface area (Å²) in [4.78, 5) is 2.63. The van der Waals surface area contributed by atoms with Gasteiger partial charge in [-0.25, -0.2) is 0 Å². The Morgan fingerprint density at radius 2 is 2.17 bits per heavy atom. The number of hydrogen-bond donors (Lipinski definition) is 1. The molecule has 70 valence electrons. The van der Waals surface area contributed by atoms with E-state index in [0.717, 1.165) is 5.92 Å². The van der Waals surface area contributed by atoms with Crippen LogP contribution in [0.25, 0.3) is 0 Å². The zero-order chi connectivity index (χ0) is 8.60. The van der Waals surface area contributed by atoms with E-state index in [2.05, 4.69) is 24.1 Å². The average Bonchev–Trinajstić information content (AvgIpc) is 2.21. The van der Waals surface area contributed by atoms with Gasteiger partial charge in [0, 0.05) is 26.2 Å². The summed E-state index contributed by atoms with van der Waals surface area (Å²) in [6.07, 6.45) is 1.38. The van der Waals surface area contributed by atoms with Crippen LogP contribution in [-0.4, -0.2) is 37.6 Å². The number of likely N-dealkylation sites (tertiary alicyclic amines) is 1. The molecule has 2 aliphatic rings. The molecule has 0 aromatic rings. The summed E-state index contributed by atoms with van der Waals surface area (Å²) >= 11 is 0. The van der Waals surface area contributed by atoms with Crippen LogP contribution < -0.4 is 5.32 Å². The van der Waals surface area contributed by atoms with Crippen molar-refractivity contribution in [3.8, 4) is 0 Å². The quantitative estimate of drug-likeness (QED) is 0.660. The van der Waals surface area contributed by atoms with Crippen molar-refractivity contribution in [2.24, 2.45) is 11.3 Å². The predicted octanol–water partition coefficient (Wildman–Crippen LogP) is 0.938. The highest BCUT2D eigenvalue weighted by Crippen LogP contribution is 2.29. The molecule has 2 heterocycles. The zero-order valence-corrected chi connectivity index (χ0v) is 8.27. The molecule has 0 radical (unpaired) electrons. The molecule has 0 spiro atoms. The van der Waals surface area contributed by atoms with E-state index in [1.54, 1.807) is 0 Å². The minimum atomic E-state index is 0.581. The first-order valence-electron chi connectivity index (χ1n) is 5.09. The lowest BCUT2D eigenvalue weighted by atomic mass is 9.93. The maximum Gasteiger partial charge on any atom is 0.00342 e. The van der Waals surface area contributed by atoms with E-state index in [1.807, 2.05) is 0 Å². The Hall–Kier alpha value is -0.0800.